The largest absolute Gasteiger partial charge is 0.465 e. The third-order valence-electron chi connectivity index (χ3n) is 4.64. The summed E-state index contributed by atoms with van der Waals surface area (Å²) in [6, 6.07) is 5.84. The standard InChI is InChI=1S/C21H20FN3O4S/c1-11(2)8-25(21(27)28)20-23-17-15-7-13(22)4-5-16(15)29-18(17)19(26)24(20)9-14-6-12(3)10-30-14/h4-7,10-11H,8-9H2,1-3H3,(H,27,28). The number of thiophene rings is 1. The van der Waals surface area contributed by atoms with E-state index in [9.17, 15) is 19.1 Å². The molecule has 0 radical (unpaired) electrons. The molecule has 0 unspecified atom stereocenters. The molecule has 0 saturated carbocycles. The van der Waals surface area contributed by atoms with Gasteiger partial charge in [-0.1, -0.05) is 13.8 Å². The molecule has 9 heteroatoms. The predicted molar refractivity (Wildman–Crippen MR) is 114 cm³/mol. The van der Waals surface area contributed by atoms with Gasteiger partial charge in [0.15, 0.2) is 0 Å². The summed E-state index contributed by atoms with van der Waals surface area (Å²) in [7, 11) is 0. The molecule has 30 heavy (non-hydrogen) atoms. The summed E-state index contributed by atoms with van der Waals surface area (Å²) in [6.07, 6.45) is -1.22. The Balaban J connectivity index is 2.02. The molecule has 0 spiro atoms. The second-order valence-electron chi connectivity index (χ2n) is 7.60. The van der Waals surface area contributed by atoms with E-state index < -0.39 is 17.5 Å². The van der Waals surface area contributed by atoms with Gasteiger partial charge in [-0.2, -0.15) is 0 Å². The van der Waals surface area contributed by atoms with Crippen molar-refractivity contribution in [2.24, 2.45) is 5.92 Å². The van der Waals surface area contributed by atoms with Gasteiger partial charge in [0.1, 0.15) is 16.9 Å². The van der Waals surface area contributed by atoms with E-state index in [2.05, 4.69) is 4.98 Å². The van der Waals surface area contributed by atoms with Gasteiger partial charge in [0.05, 0.1) is 6.54 Å². The third-order valence-corrected chi connectivity index (χ3v) is 5.67. The fourth-order valence-corrected chi connectivity index (χ4v) is 4.24. The minimum Gasteiger partial charge on any atom is -0.465 e. The van der Waals surface area contributed by atoms with Crippen LogP contribution in [0.3, 0.4) is 0 Å². The van der Waals surface area contributed by atoms with Crippen LogP contribution in [-0.4, -0.2) is 27.3 Å². The number of amides is 1. The number of anilines is 1. The Morgan fingerprint density at radius 2 is 2.13 bits per heavy atom. The molecule has 3 aromatic heterocycles. The monoisotopic (exact) mass is 429 g/mol. The lowest BCUT2D eigenvalue weighted by atomic mass is 10.2. The summed E-state index contributed by atoms with van der Waals surface area (Å²) < 4.78 is 20.8. The number of benzene rings is 1. The van der Waals surface area contributed by atoms with Crippen molar-refractivity contribution < 1.29 is 18.7 Å². The van der Waals surface area contributed by atoms with Crippen LogP contribution in [0.4, 0.5) is 15.1 Å². The first-order valence-corrected chi connectivity index (χ1v) is 10.3. The van der Waals surface area contributed by atoms with Gasteiger partial charge < -0.3 is 9.52 Å². The van der Waals surface area contributed by atoms with Crippen LogP contribution >= 0.6 is 11.3 Å². The molecule has 4 aromatic rings. The average Bonchev–Trinajstić information content (AvgIpc) is 3.25. The molecule has 1 N–H and O–H groups in total. The molecule has 7 nitrogen and oxygen atoms in total. The Labute approximate surface area is 175 Å². The molecule has 0 bridgehead atoms. The molecule has 3 heterocycles. The van der Waals surface area contributed by atoms with Gasteiger partial charge in [0.25, 0.3) is 5.56 Å². The summed E-state index contributed by atoms with van der Waals surface area (Å²) in [5.41, 5.74) is 0.987. The van der Waals surface area contributed by atoms with Crippen LogP contribution in [0.1, 0.15) is 24.3 Å². The highest BCUT2D eigenvalue weighted by atomic mass is 32.1. The van der Waals surface area contributed by atoms with Crippen molar-refractivity contribution in [3.8, 4) is 0 Å². The number of carboxylic acid groups (broad SMARTS) is 1. The smallest absolute Gasteiger partial charge is 0.414 e. The van der Waals surface area contributed by atoms with Crippen molar-refractivity contribution in [2.75, 3.05) is 11.4 Å². The van der Waals surface area contributed by atoms with Gasteiger partial charge in [-0.25, -0.2) is 19.1 Å². The first-order valence-electron chi connectivity index (χ1n) is 9.41. The molecule has 0 fully saturated rings. The molecule has 0 aliphatic rings. The second-order valence-corrected chi connectivity index (χ2v) is 8.60. The van der Waals surface area contributed by atoms with E-state index in [4.69, 9.17) is 4.42 Å². The lowest BCUT2D eigenvalue weighted by Gasteiger charge is -2.23. The SMILES string of the molecule is Cc1csc(Cn2c(N(CC(C)C)C(=O)O)nc3c(oc4ccc(F)cc43)c2=O)c1. The average molecular weight is 429 g/mol. The molecule has 0 aliphatic carbocycles. The molecule has 156 valence electrons. The quantitative estimate of drug-likeness (QED) is 0.490. The maximum Gasteiger partial charge on any atom is 0.414 e. The van der Waals surface area contributed by atoms with Crippen LogP contribution < -0.4 is 10.5 Å². The maximum absolute atomic E-state index is 13.8. The van der Waals surface area contributed by atoms with E-state index in [1.54, 1.807) is 0 Å². The number of hydrogen-bond donors (Lipinski definition) is 1. The number of carbonyl (C=O) groups is 1. The first-order chi connectivity index (χ1) is 14.2. The topological polar surface area (TPSA) is 88.6 Å². The van der Waals surface area contributed by atoms with Gasteiger partial charge in [0, 0.05) is 16.8 Å². The Morgan fingerprint density at radius 3 is 2.77 bits per heavy atom. The highest BCUT2D eigenvalue weighted by Crippen LogP contribution is 2.28. The summed E-state index contributed by atoms with van der Waals surface area (Å²) in [6.45, 7) is 6.01. The minimum atomic E-state index is -1.22. The summed E-state index contributed by atoms with van der Waals surface area (Å²) in [5.74, 6) is -0.500. The van der Waals surface area contributed by atoms with Gasteiger partial charge in [0.2, 0.25) is 11.5 Å². The summed E-state index contributed by atoms with van der Waals surface area (Å²) >= 11 is 1.47. The van der Waals surface area contributed by atoms with E-state index in [-0.39, 0.29) is 36.1 Å². The molecule has 4 rings (SSSR count). The number of halogens is 1. The number of hydrogen-bond acceptors (Lipinski definition) is 5. The van der Waals surface area contributed by atoms with E-state index in [0.29, 0.717) is 11.0 Å². The Morgan fingerprint density at radius 1 is 1.37 bits per heavy atom. The third kappa shape index (κ3) is 3.56. The van der Waals surface area contributed by atoms with Crippen LogP contribution in [0, 0.1) is 18.7 Å². The number of furan rings is 1. The Hall–Kier alpha value is -3.20. The van der Waals surface area contributed by atoms with Crippen molar-refractivity contribution >= 4 is 45.4 Å². The highest BCUT2D eigenvalue weighted by molar-refractivity contribution is 7.10. The van der Waals surface area contributed by atoms with Crippen LogP contribution in [-0.2, 0) is 6.54 Å². The number of fused-ring (bicyclic) bond motifs is 3. The molecule has 1 amide bonds. The van der Waals surface area contributed by atoms with E-state index in [0.717, 1.165) is 15.3 Å². The molecule has 0 aliphatic heterocycles. The lowest BCUT2D eigenvalue weighted by molar-refractivity contribution is 0.200. The van der Waals surface area contributed by atoms with E-state index in [1.165, 1.54) is 34.1 Å². The fraction of sp³-hybridized carbons (Fsp3) is 0.286. The van der Waals surface area contributed by atoms with Crippen molar-refractivity contribution in [2.45, 2.75) is 27.3 Å². The molecule has 1 aromatic carbocycles. The summed E-state index contributed by atoms with van der Waals surface area (Å²) in [5, 5.41) is 12.1. The molecule has 0 atom stereocenters. The highest BCUT2D eigenvalue weighted by Gasteiger charge is 2.26. The van der Waals surface area contributed by atoms with Crippen LogP contribution in [0.5, 0.6) is 0 Å². The first kappa shape index (κ1) is 20.1. The van der Waals surface area contributed by atoms with Crippen molar-refractivity contribution in [3.63, 3.8) is 0 Å². The van der Waals surface area contributed by atoms with Crippen molar-refractivity contribution in [3.05, 3.63) is 56.3 Å². The fourth-order valence-electron chi connectivity index (χ4n) is 3.37. The number of nitrogens with zero attached hydrogens (tertiary/aromatic N) is 3. The number of aryl methyl sites for hydroxylation is 1. The van der Waals surface area contributed by atoms with E-state index >= 15 is 0 Å². The summed E-state index contributed by atoms with van der Waals surface area (Å²) in [4.78, 5) is 31.8. The molecular weight excluding hydrogens is 409 g/mol. The van der Waals surface area contributed by atoms with Gasteiger partial charge in [-0.3, -0.25) is 9.36 Å². The second kappa shape index (κ2) is 7.56. The maximum atomic E-state index is 13.8. The van der Waals surface area contributed by atoms with Crippen LogP contribution in [0.2, 0.25) is 0 Å². The lowest BCUT2D eigenvalue weighted by Crippen LogP contribution is -2.38. The molecular formula is C21H20FN3O4S. The van der Waals surface area contributed by atoms with Crippen molar-refractivity contribution in [1.82, 2.24) is 9.55 Å². The van der Waals surface area contributed by atoms with E-state index in [1.807, 2.05) is 32.2 Å². The number of rotatable bonds is 5. The Kier molecular flexibility index (Phi) is 5.07. The van der Waals surface area contributed by atoms with Crippen molar-refractivity contribution in [1.29, 1.82) is 0 Å². The minimum absolute atomic E-state index is 0.00432. The molecule has 0 saturated heterocycles. The predicted octanol–water partition coefficient (Wildman–Crippen LogP) is 4.84. The normalized spacial score (nSPS) is 11.6. The van der Waals surface area contributed by atoms with Crippen LogP contribution in [0.25, 0.3) is 22.1 Å². The zero-order valence-electron chi connectivity index (χ0n) is 16.7. The number of aromatic nitrogens is 2. The zero-order valence-corrected chi connectivity index (χ0v) is 17.5. The Bertz CT molecular complexity index is 1320. The van der Waals surface area contributed by atoms with Crippen LogP contribution in [0.15, 0.2) is 38.9 Å². The zero-order chi connectivity index (χ0) is 21.6. The van der Waals surface area contributed by atoms with Gasteiger partial charge in [-0.05, 0) is 48.1 Å². The van der Waals surface area contributed by atoms with Gasteiger partial charge in [-0.15, -0.1) is 11.3 Å². The van der Waals surface area contributed by atoms with Gasteiger partial charge >= 0.3 is 6.09 Å².